The van der Waals surface area contributed by atoms with E-state index < -0.39 is 26.0 Å². The average Bonchev–Trinajstić information content (AvgIpc) is 3.38. The number of hydrogen-bond acceptors (Lipinski definition) is 5. The van der Waals surface area contributed by atoms with Gasteiger partial charge in [0.2, 0.25) is 10.0 Å². The van der Waals surface area contributed by atoms with Gasteiger partial charge in [0.25, 0.3) is 15.9 Å². The van der Waals surface area contributed by atoms with Crippen molar-refractivity contribution in [2.24, 2.45) is 0 Å². The Kier molecular flexibility index (Phi) is 7.42. The van der Waals surface area contributed by atoms with Gasteiger partial charge in [-0.25, -0.2) is 16.8 Å². The highest BCUT2D eigenvalue weighted by Gasteiger charge is 2.28. The lowest BCUT2D eigenvalue weighted by Crippen LogP contribution is -2.28. The molecular weight excluding hydrogens is 522 g/mol. The molecule has 1 heterocycles. The van der Waals surface area contributed by atoms with E-state index in [-0.39, 0.29) is 20.4 Å². The maximum absolute atomic E-state index is 12.9. The third-order valence-corrected chi connectivity index (χ3v) is 9.62. The van der Waals surface area contributed by atoms with Gasteiger partial charge in [-0.2, -0.15) is 4.31 Å². The number of anilines is 2. The predicted octanol–water partition coefficient (Wildman–Crippen LogP) is 4.79. The van der Waals surface area contributed by atoms with Crippen LogP contribution < -0.4 is 10.0 Å². The molecule has 0 radical (unpaired) electrons. The molecule has 2 N–H and O–H groups in total. The van der Waals surface area contributed by atoms with E-state index in [2.05, 4.69) is 10.0 Å². The highest BCUT2D eigenvalue weighted by Crippen LogP contribution is 2.27. The molecule has 1 saturated heterocycles. The monoisotopic (exact) mass is 547 g/mol. The van der Waals surface area contributed by atoms with E-state index >= 15 is 0 Å². The zero-order valence-corrected chi connectivity index (χ0v) is 22.2. The van der Waals surface area contributed by atoms with E-state index in [0.717, 1.165) is 24.0 Å². The molecule has 0 unspecified atom stereocenters. The molecule has 0 atom stereocenters. The van der Waals surface area contributed by atoms with Gasteiger partial charge in [0.15, 0.2) is 0 Å². The number of carbonyl (C=O) groups excluding carboxylic acids is 1. The van der Waals surface area contributed by atoms with Gasteiger partial charge in [0, 0.05) is 18.8 Å². The van der Waals surface area contributed by atoms with Crippen molar-refractivity contribution in [1.29, 1.82) is 0 Å². The number of amides is 1. The SMILES string of the molecule is Cc1cccc(C)c1NS(=O)(=O)c1ccc(NC(=O)c2cc(S(=O)(=O)N3CCCC3)ccc2Cl)cc1. The minimum atomic E-state index is -3.85. The minimum Gasteiger partial charge on any atom is -0.322 e. The zero-order chi connectivity index (χ0) is 26.1. The predicted molar refractivity (Wildman–Crippen MR) is 141 cm³/mol. The summed E-state index contributed by atoms with van der Waals surface area (Å²) in [6.45, 7) is 4.53. The van der Waals surface area contributed by atoms with Crippen LogP contribution in [-0.2, 0) is 20.0 Å². The van der Waals surface area contributed by atoms with Crippen molar-refractivity contribution in [1.82, 2.24) is 4.31 Å². The first-order chi connectivity index (χ1) is 17.0. The van der Waals surface area contributed by atoms with Crippen molar-refractivity contribution in [2.75, 3.05) is 23.1 Å². The molecule has 3 aromatic carbocycles. The third-order valence-electron chi connectivity index (χ3n) is 6.03. The summed E-state index contributed by atoms with van der Waals surface area (Å²) >= 11 is 6.20. The van der Waals surface area contributed by atoms with Gasteiger partial charge < -0.3 is 5.32 Å². The third kappa shape index (κ3) is 5.41. The molecule has 8 nitrogen and oxygen atoms in total. The Morgan fingerprint density at radius 3 is 2.06 bits per heavy atom. The van der Waals surface area contributed by atoms with Gasteiger partial charge >= 0.3 is 0 Å². The first-order valence-electron chi connectivity index (χ1n) is 11.3. The zero-order valence-electron chi connectivity index (χ0n) is 19.8. The second kappa shape index (κ2) is 10.2. The number of rotatable bonds is 7. The summed E-state index contributed by atoms with van der Waals surface area (Å²) in [7, 11) is -7.57. The molecule has 0 bridgehead atoms. The van der Waals surface area contributed by atoms with Gasteiger partial charge in [-0.15, -0.1) is 0 Å². The molecule has 0 aliphatic carbocycles. The van der Waals surface area contributed by atoms with Crippen molar-refractivity contribution in [3.05, 3.63) is 82.4 Å². The van der Waals surface area contributed by atoms with Crippen LogP contribution in [0.15, 0.2) is 70.5 Å². The standard InChI is InChI=1S/C25H26ClN3O5S2/c1-17-6-5-7-18(2)24(17)28-35(31,32)20-10-8-19(9-11-20)27-25(30)22-16-21(12-13-23(22)26)36(33,34)29-14-3-4-15-29/h5-13,16,28H,3-4,14-15H2,1-2H3,(H,27,30). The molecule has 4 rings (SSSR count). The van der Waals surface area contributed by atoms with Crippen LogP contribution >= 0.6 is 11.6 Å². The number of nitrogens with zero attached hydrogens (tertiary/aromatic N) is 1. The van der Waals surface area contributed by atoms with E-state index in [1.54, 1.807) is 0 Å². The van der Waals surface area contributed by atoms with Crippen LogP contribution in [0.25, 0.3) is 0 Å². The number of nitrogens with one attached hydrogen (secondary N) is 2. The highest BCUT2D eigenvalue weighted by atomic mass is 35.5. The van der Waals surface area contributed by atoms with E-state index in [0.29, 0.717) is 24.5 Å². The first kappa shape index (κ1) is 26.2. The lowest BCUT2D eigenvalue weighted by atomic mass is 10.1. The van der Waals surface area contributed by atoms with E-state index in [9.17, 15) is 21.6 Å². The van der Waals surface area contributed by atoms with E-state index in [4.69, 9.17) is 11.6 Å². The van der Waals surface area contributed by atoms with Gasteiger partial charge in [0.05, 0.1) is 26.1 Å². The fourth-order valence-corrected chi connectivity index (χ4v) is 6.95. The molecule has 0 spiro atoms. The molecule has 1 amide bonds. The van der Waals surface area contributed by atoms with Crippen LogP contribution in [0.3, 0.4) is 0 Å². The summed E-state index contributed by atoms with van der Waals surface area (Å²) < 4.78 is 55.5. The Bertz CT molecular complexity index is 1500. The molecule has 190 valence electrons. The van der Waals surface area contributed by atoms with E-state index in [1.807, 2.05) is 32.0 Å². The van der Waals surface area contributed by atoms with Gasteiger partial charge in [-0.3, -0.25) is 9.52 Å². The van der Waals surface area contributed by atoms with Crippen molar-refractivity contribution in [3.8, 4) is 0 Å². The summed E-state index contributed by atoms with van der Waals surface area (Å²) in [6, 6.07) is 15.2. The van der Waals surface area contributed by atoms with Gasteiger partial charge in [-0.05, 0) is 80.3 Å². The molecule has 11 heteroatoms. The summed E-state index contributed by atoms with van der Waals surface area (Å²) in [5.41, 5.74) is 2.45. The fourth-order valence-electron chi connectivity index (χ4n) is 4.00. The normalized spacial score (nSPS) is 14.5. The van der Waals surface area contributed by atoms with Gasteiger partial charge in [0.1, 0.15) is 0 Å². The Balaban J connectivity index is 1.52. The number of para-hydroxylation sites is 1. The minimum absolute atomic E-state index is 0.00188. The number of hydrogen-bond donors (Lipinski definition) is 2. The van der Waals surface area contributed by atoms with Crippen LogP contribution in [0.4, 0.5) is 11.4 Å². The summed E-state index contributed by atoms with van der Waals surface area (Å²) in [5.74, 6) is -0.609. The molecule has 36 heavy (non-hydrogen) atoms. The quantitative estimate of drug-likeness (QED) is 0.441. The largest absolute Gasteiger partial charge is 0.322 e. The number of aryl methyl sites for hydroxylation is 2. The average molecular weight is 548 g/mol. The van der Waals surface area contributed by atoms with Crippen LogP contribution in [0.5, 0.6) is 0 Å². The number of sulfonamides is 2. The number of carbonyl (C=O) groups is 1. The number of benzene rings is 3. The lowest BCUT2D eigenvalue weighted by molar-refractivity contribution is 0.102. The van der Waals surface area contributed by atoms with Crippen molar-refractivity contribution in [3.63, 3.8) is 0 Å². The Labute approximate surface area is 216 Å². The molecular formula is C25H26ClN3O5S2. The fraction of sp³-hybridized carbons (Fsp3) is 0.240. The van der Waals surface area contributed by atoms with Crippen molar-refractivity contribution in [2.45, 2.75) is 36.5 Å². The van der Waals surface area contributed by atoms with Crippen LogP contribution in [-0.4, -0.2) is 40.1 Å². The van der Waals surface area contributed by atoms with Gasteiger partial charge in [-0.1, -0.05) is 29.8 Å². The Hall–Kier alpha value is -2.92. The summed E-state index contributed by atoms with van der Waals surface area (Å²) in [4.78, 5) is 12.9. The van der Waals surface area contributed by atoms with Crippen molar-refractivity contribution >= 4 is 48.9 Å². The Morgan fingerprint density at radius 1 is 0.861 bits per heavy atom. The molecule has 0 aromatic heterocycles. The Morgan fingerprint density at radius 2 is 1.44 bits per heavy atom. The number of halogens is 1. The molecule has 3 aromatic rings. The summed E-state index contributed by atoms with van der Waals surface area (Å²) in [5, 5.41) is 2.75. The lowest BCUT2D eigenvalue weighted by Gasteiger charge is -2.16. The molecule has 1 aliphatic rings. The second-order valence-corrected chi connectivity index (χ2v) is 12.6. The maximum Gasteiger partial charge on any atom is 0.261 e. The smallest absolute Gasteiger partial charge is 0.261 e. The maximum atomic E-state index is 12.9. The van der Waals surface area contributed by atoms with Crippen LogP contribution in [0, 0.1) is 13.8 Å². The summed E-state index contributed by atoms with van der Waals surface area (Å²) in [6.07, 6.45) is 1.60. The second-order valence-electron chi connectivity index (χ2n) is 8.60. The van der Waals surface area contributed by atoms with Crippen LogP contribution in [0.2, 0.25) is 5.02 Å². The molecule has 0 saturated carbocycles. The first-order valence-corrected chi connectivity index (χ1v) is 14.6. The molecule has 1 fully saturated rings. The van der Waals surface area contributed by atoms with E-state index in [1.165, 1.54) is 46.8 Å². The topological polar surface area (TPSA) is 113 Å². The van der Waals surface area contributed by atoms with Crippen LogP contribution in [0.1, 0.15) is 34.3 Å². The molecule has 1 aliphatic heterocycles. The van der Waals surface area contributed by atoms with Crippen molar-refractivity contribution < 1.29 is 21.6 Å². The highest BCUT2D eigenvalue weighted by molar-refractivity contribution is 7.92.